The van der Waals surface area contributed by atoms with Gasteiger partial charge in [-0.3, -0.25) is 0 Å². The summed E-state index contributed by atoms with van der Waals surface area (Å²) < 4.78 is 5.67. The highest BCUT2D eigenvalue weighted by atomic mass is 16.3. The Balaban J connectivity index is 2.14. The van der Waals surface area contributed by atoms with Crippen LogP contribution in [0.5, 0.6) is 0 Å². The first-order valence-corrected chi connectivity index (χ1v) is 6.62. The summed E-state index contributed by atoms with van der Waals surface area (Å²) >= 11 is 0. The number of nitrogens with one attached hydrogen (secondary N) is 1. The Morgan fingerprint density at radius 3 is 2.53 bits per heavy atom. The summed E-state index contributed by atoms with van der Waals surface area (Å²) in [7, 11) is 4.16. The van der Waals surface area contributed by atoms with Gasteiger partial charge in [0.1, 0.15) is 11.5 Å². The van der Waals surface area contributed by atoms with Gasteiger partial charge in [-0.05, 0) is 51.7 Å². The lowest BCUT2D eigenvalue weighted by atomic mass is 10.1. The van der Waals surface area contributed by atoms with E-state index in [0.29, 0.717) is 0 Å². The van der Waals surface area contributed by atoms with E-state index in [0.717, 1.165) is 23.8 Å². The zero-order chi connectivity index (χ0) is 13.8. The third-order valence-electron chi connectivity index (χ3n) is 3.06. The fourth-order valence-corrected chi connectivity index (χ4v) is 2.13. The van der Waals surface area contributed by atoms with Crippen LogP contribution in [0.15, 0.2) is 40.8 Å². The van der Waals surface area contributed by atoms with Crippen LogP contribution in [-0.4, -0.2) is 19.0 Å². The molecule has 1 aromatic heterocycles. The predicted molar refractivity (Wildman–Crippen MR) is 79.3 cm³/mol. The maximum absolute atomic E-state index is 5.67. The van der Waals surface area contributed by atoms with Crippen LogP contribution in [0.2, 0.25) is 0 Å². The van der Waals surface area contributed by atoms with Gasteiger partial charge in [0.15, 0.2) is 0 Å². The second kappa shape index (κ2) is 5.93. The summed E-state index contributed by atoms with van der Waals surface area (Å²) in [6.45, 7) is 5.01. The average molecular weight is 258 g/mol. The van der Waals surface area contributed by atoms with Crippen LogP contribution in [0.25, 0.3) is 0 Å². The number of anilines is 1. The Labute approximate surface area is 115 Å². The molecule has 0 bridgehead atoms. The van der Waals surface area contributed by atoms with Gasteiger partial charge in [-0.2, -0.15) is 0 Å². The van der Waals surface area contributed by atoms with Crippen molar-refractivity contribution in [3.8, 4) is 0 Å². The largest absolute Gasteiger partial charge is 0.464 e. The summed E-state index contributed by atoms with van der Waals surface area (Å²) in [5.41, 5.74) is 2.46. The number of rotatable bonds is 5. The number of aryl methyl sites for hydroxylation is 1. The fraction of sp³-hybridized carbons (Fsp3) is 0.375. The third-order valence-corrected chi connectivity index (χ3v) is 3.06. The first-order chi connectivity index (χ1) is 9.06. The molecule has 0 amide bonds. The SMILES string of the molecule is Cc1ccc(C(C)Nc2ccccc2CN(C)C)o1. The Hall–Kier alpha value is -1.74. The minimum atomic E-state index is 0.164. The molecule has 0 fully saturated rings. The fourth-order valence-electron chi connectivity index (χ4n) is 2.13. The Morgan fingerprint density at radius 2 is 1.89 bits per heavy atom. The third kappa shape index (κ3) is 3.61. The Bertz CT molecular complexity index is 531. The maximum atomic E-state index is 5.67. The first kappa shape index (κ1) is 13.7. The molecule has 0 radical (unpaired) electrons. The molecule has 1 unspecified atom stereocenters. The number of hydrogen-bond donors (Lipinski definition) is 1. The highest BCUT2D eigenvalue weighted by Gasteiger charge is 2.11. The molecule has 2 rings (SSSR count). The molecule has 0 spiro atoms. The number of nitrogens with zero attached hydrogens (tertiary/aromatic N) is 1. The topological polar surface area (TPSA) is 28.4 Å². The number of benzene rings is 1. The van der Waals surface area contributed by atoms with Crippen molar-refractivity contribution in [3.05, 3.63) is 53.5 Å². The summed E-state index contributed by atoms with van der Waals surface area (Å²) in [5.74, 6) is 1.92. The van der Waals surface area contributed by atoms with Crippen molar-refractivity contribution in [2.45, 2.75) is 26.4 Å². The van der Waals surface area contributed by atoms with E-state index in [1.54, 1.807) is 0 Å². The van der Waals surface area contributed by atoms with Gasteiger partial charge in [0.25, 0.3) is 0 Å². The van der Waals surface area contributed by atoms with Crippen molar-refractivity contribution in [1.82, 2.24) is 4.90 Å². The van der Waals surface area contributed by atoms with E-state index in [4.69, 9.17) is 4.42 Å². The van der Waals surface area contributed by atoms with Crippen LogP contribution in [0.3, 0.4) is 0 Å². The molecular weight excluding hydrogens is 236 g/mol. The van der Waals surface area contributed by atoms with Gasteiger partial charge in [0.2, 0.25) is 0 Å². The van der Waals surface area contributed by atoms with E-state index in [-0.39, 0.29) is 6.04 Å². The lowest BCUT2D eigenvalue weighted by molar-refractivity contribution is 0.402. The standard InChI is InChI=1S/C16H22N2O/c1-12-9-10-16(19-12)13(2)17-15-8-6-5-7-14(15)11-18(3)4/h5-10,13,17H,11H2,1-4H3. The number of furan rings is 1. The van der Waals surface area contributed by atoms with E-state index in [1.807, 2.05) is 19.1 Å². The second-order valence-corrected chi connectivity index (χ2v) is 5.21. The number of hydrogen-bond acceptors (Lipinski definition) is 3. The summed E-state index contributed by atoms with van der Waals surface area (Å²) in [6, 6.07) is 12.6. The minimum Gasteiger partial charge on any atom is -0.464 e. The van der Waals surface area contributed by atoms with Crippen LogP contribution < -0.4 is 5.32 Å². The van der Waals surface area contributed by atoms with Crippen LogP contribution in [0.1, 0.15) is 30.0 Å². The van der Waals surface area contributed by atoms with E-state index < -0.39 is 0 Å². The van der Waals surface area contributed by atoms with Crippen molar-refractivity contribution in [2.24, 2.45) is 0 Å². The van der Waals surface area contributed by atoms with E-state index in [1.165, 1.54) is 5.56 Å². The van der Waals surface area contributed by atoms with E-state index >= 15 is 0 Å². The van der Waals surface area contributed by atoms with Crippen molar-refractivity contribution in [3.63, 3.8) is 0 Å². The van der Waals surface area contributed by atoms with Gasteiger partial charge in [0.05, 0.1) is 6.04 Å². The van der Waals surface area contributed by atoms with Gasteiger partial charge in [-0.1, -0.05) is 18.2 Å². The molecule has 1 heterocycles. The monoisotopic (exact) mass is 258 g/mol. The normalized spacial score (nSPS) is 12.7. The first-order valence-electron chi connectivity index (χ1n) is 6.62. The number of para-hydroxylation sites is 1. The smallest absolute Gasteiger partial charge is 0.126 e. The quantitative estimate of drug-likeness (QED) is 0.883. The molecule has 0 saturated carbocycles. The molecule has 3 nitrogen and oxygen atoms in total. The Kier molecular flexibility index (Phi) is 4.27. The maximum Gasteiger partial charge on any atom is 0.126 e. The van der Waals surface area contributed by atoms with Gasteiger partial charge in [-0.15, -0.1) is 0 Å². The molecule has 102 valence electrons. The predicted octanol–water partition coefficient (Wildman–Crippen LogP) is 3.82. The van der Waals surface area contributed by atoms with Crippen molar-refractivity contribution in [1.29, 1.82) is 0 Å². The van der Waals surface area contributed by atoms with E-state index in [2.05, 4.69) is 55.5 Å². The molecule has 1 N–H and O–H groups in total. The van der Waals surface area contributed by atoms with Crippen molar-refractivity contribution >= 4 is 5.69 Å². The second-order valence-electron chi connectivity index (χ2n) is 5.21. The molecule has 2 aromatic rings. The van der Waals surface area contributed by atoms with Crippen LogP contribution in [-0.2, 0) is 6.54 Å². The molecule has 0 saturated heterocycles. The molecule has 19 heavy (non-hydrogen) atoms. The molecule has 0 aliphatic heterocycles. The summed E-state index contributed by atoms with van der Waals surface area (Å²) in [4.78, 5) is 2.17. The molecule has 0 aliphatic rings. The van der Waals surface area contributed by atoms with Crippen LogP contribution >= 0.6 is 0 Å². The highest BCUT2D eigenvalue weighted by Crippen LogP contribution is 2.24. The van der Waals surface area contributed by atoms with Gasteiger partial charge in [-0.25, -0.2) is 0 Å². The van der Waals surface area contributed by atoms with Crippen molar-refractivity contribution in [2.75, 3.05) is 19.4 Å². The highest BCUT2D eigenvalue weighted by molar-refractivity contribution is 5.52. The Morgan fingerprint density at radius 1 is 1.16 bits per heavy atom. The molecule has 0 aliphatic carbocycles. The molecule has 3 heteroatoms. The lowest BCUT2D eigenvalue weighted by Gasteiger charge is -2.18. The van der Waals surface area contributed by atoms with Crippen LogP contribution in [0.4, 0.5) is 5.69 Å². The van der Waals surface area contributed by atoms with Crippen molar-refractivity contribution < 1.29 is 4.42 Å². The average Bonchev–Trinajstić information content (AvgIpc) is 2.78. The molecule has 1 atom stereocenters. The summed E-state index contributed by atoms with van der Waals surface area (Å²) in [6.07, 6.45) is 0. The van der Waals surface area contributed by atoms with E-state index in [9.17, 15) is 0 Å². The van der Waals surface area contributed by atoms with Gasteiger partial charge >= 0.3 is 0 Å². The molecule has 1 aromatic carbocycles. The minimum absolute atomic E-state index is 0.164. The summed E-state index contributed by atoms with van der Waals surface area (Å²) in [5, 5.41) is 3.53. The van der Waals surface area contributed by atoms with Gasteiger partial charge in [0, 0.05) is 12.2 Å². The van der Waals surface area contributed by atoms with Gasteiger partial charge < -0.3 is 14.6 Å². The zero-order valence-corrected chi connectivity index (χ0v) is 12.1. The lowest BCUT2D eigenvalue weighted by Crippen LogP contribution is -2.14. The molecular formula is C16H22N2O. The van der Waals surface area contributed by atoms with Crippen LogP contribution in [0, 0.1) is 6.92 Å². The zero-order valence-electron chi connectivity index (χ0n) is 12.1.